The first kappa shape index (κ1) is 19.5. The van der Waals surface area contributed by atoms with Gasteiger partial charge < -0.3 is 14.7 Å². The summed E-state index contributed by atoms with van der Waals surface area (Å²) in [5.74, 6) is -0.723. The number of quaternary nitrogens is 1. The van der Waals surface area contributed by atoms with Crippen LogP contribution in [-0.2, 0) is 19.9 Å². The molecule has 6 nitrogen and oxygen atoms in total. The van der Waals surface area contributed by atoms with Crippen LogP contribution in [0.25, 0.3) is 6.08 Å². The summed E-state index contributed by atoms with van der Waals surface area (Å²) in [5, 5.41) is 11.3. The van der Waals surface area contributed by atoms with Crippen LogP contribution in [0.2, 0.25) is 0 Å². The fraction of sp³-hybridized carbons (Fsp3) is 0.304. The average molecular weight is 393 g/mol. The lowest BCUT2D eigenvalue weighted by Crippen LogP contribution is -3.15. The molecule has 1 fully saturated rings. The lowest BCUT2D eigenvalue weighted by atomic mass is 9.90. The van der Waals surface area contributed by atoms with Gasteiger partial charge in [-0.05, 0) is 17.7 Å². The number of nitrogens with one attached hydrogen (secondary N) is 1. The van der Waals surface area contributed by atoms with Gasteiger partial charge in [-0.3, -0.25) is 14.5 Å². The van der Waals surface area contributed by atoms with Crippen molar-refractivity contribution >= 4 is 23.5 Å². The van der Waals surface area contributed by atoms with Crippen molar-refractivity contribution in [3.63, 3.8) is 0 Å². The molecule has 29 heavy (non-hydrogen) atoms. The van der Waals surface area contributed by atoms with Gasteiger partial charge in [-0.25, -0.2) is 0 Å². The van der Waals surface area contributed by atoms with Crippen molar-refractivity contribution in [1.29, 1.82) is 0 Å². The van der Waals surface area contributed by atoms with Crippen LogP contribution in [0.1, 0.15) is 17.5 Å². The molecule has 1 saturated heterocycles. The maximum Gasteiger partial charge on any atom is 0.268 e. The number of amides is 1. The van der Waals surface area contributed by atoms with Crippen LogP contribution in [0.4, 0.5) is 5.69 Å². The number of hydrogen-bond acceptors (Lipinski definition) is 4. The van der Waals surface area contributed by atoms with Crippen molar-refractivity contribution in [3.05, 3.63) is 71.8 Å². The van der Waals surface area contributed by atoms with E-state index >= 15 is 0 Å². The second kappa shape index (κ2) is 8.29. The highest BCUT2D eigenvalue weighted by Crippen LogP contribution is 2.41. The summed E-state index contributed by atoms with van der Waals surface area (Å²) in [7, 11) is 0. The normalized spacial score (nSPS) is 22.2. The number of allylic oxidation sites excluding steroid dienone is 1. The molecule has 0 spiro atoms. The summed E-state index contributed by atoms with van der Waals surface area (Å²) >= 11 is 0. The summed E-state index contributed by atoms with van der Waals surface area (Å²) in [6, 6.07) is 16.7. The zero-order valence-corrected chi connectivity index (χ0v) is 16.2. The third-order valence-electron chi connectivity index (χ3n) is 5.51. The third kappa shape index (κ3) is 4.00. The van der Waals surface area contributed by atoms with E-state index in [1.807, 2.05) is 42.5 Å². The quantitative estimate of drug-likeness (QED) is 0.711. The monoisotopic (exact) mass is 393 g/mol. The van der Waals surface area contributed by atoms with Crippen LogP contribution in [0.5, 0.6) is 0 Å². The SMILES string of the molecule is O=C(/C=C/c1ccccc1)C[C@@]1(O)C(=O)N(C[NH+]2CCOCC2)c2ccccc21. The van der Waals surface area contributed by atoms with E-state index in [2.05, 4.69) is 0 Å². The maximum atomic E-state index is 13.2. The zero-order chi connectivity index (χ0) is 20.3. The standard InChI is InChI=1S/C23H24N2O4/c26-19(11-10-18-6-2-1-3-7-18)16-23(28)20-8-4-5-9-21(20)25(22(23)27)17-24-12-14-29-15-13-24/h1-11,28H,12-17H2/p+1/b11-10+/t23-/m0/s1. The largest absolute Gasteiger partial charge is 0.375 e. The highest BCUT2D eigenvalue weighted by molar-refractivity contribution is 6.10. The Morgan fingerprint density at radius 3 is 2.55 bits per heavy atom. The number of nitrogens with zero attached hydrogens (tertiary/aromatic N) is 1. The highest BCUT2D eigenvalue weighted by atomic mass is 16.5. The minimum absolute atomic E-state index is 0.277. The van der Waals surface area contributed by atoms with Gasteiger partial charge in [-0.2, -0.15) is 0 Å². The molecule has 1 amide bonds. The van der Waals surface area contributed by atoms with E-state index < -0.39 is 11.5 Å². The zero-order valence-electron chi connectivity index (χ0n) is 16.2. The minimum atomic E-state index is -1.83. The fourth-order valence-corrected chi connectivity index (χ4v) is 3.94. The van der Waals surface area contributed by atoms with E-state index in [0.29, 0.717) is 31.1 Å². The van der Waals surface area contributed by atoms with E-state index in [-0.39, 0.29) is 12.2 Å². The first-order valence-corrected chi connectivity index (χ1v) is 9.89. The number of aliphatic hydroxyl groups is 1. The predicted molar refractivity (Wildman–Crippen MR) is 109 cm³/mol. The van der Waals surface area contributed by atoms with Gasteiger partial charge in [0.25, 0.3) is 5.91 Å². The molecule has 2 aliphatic rings. The van der Waals surface area contributed by atoms with Crippen molar-refractivity contribution < 1.29 is 24.3 Å². The molecule has 0 aromatic heterocycles. The molecule has 0 saturated carbocycles. The van der Waals surface area contributed by atoms with Crippen LogP contribution in [0.3, 0.4) is 0 Å². The lowest BCUT2D eigenvalue weighted by molar-refractivity contribution is -0.906. The number of para-hydroxylation sites is 1. The number of morpholine rings is 1. The number of ketones is 1. The van der Waals surface area contributed by atoms with Crippen molar-refractivity contribution in [2.45, 2.75) is 12.0 Å². The van der Waals surface area contributed by atoms with Gasteiger partial charge in [0.05, 0.1) is 25.3 Å². The first-order chi connectivity index (χ1) is 14.1. The second-order valence-electron chi connectivity index (χ2n) is 7.52. The number of carbonyl (C=O) groups is 2. The first-order valence-electron chi connectivity index (χ1n) is 9.89. The summed E-state index contributed by atoms with van der Waals surface area (Å²) in [5.41, 5.74) is 0.238. The Labute approximate surface area is 170 Å². The Morgan fingerprint density at radius 1 is 1.10 bits per heavy atom. The summed E-state index contributed by atoms with van der Waals surface area (Å²) < 4.78 is 5.39. The minimum Gasteiger partial charge on any atom is -0.375 e. The number of anilines is 1. The fourth-order valence-electron chi connectivity index (χ4n) is 3.94. The van der Waals surface area contributed by atoms with Crippen LogP contribution < -0.4 is 9.80 Å². The van der Waals surface area contributed by atoms with Crippen LogP contribution in [0.15, 0.2) is 60.7 Å². The molecule has 2 aliphatic heterocycles. The molecule has 1 atom stereocenters. The molecule has 0 bridgehead atoms. The van der Waals surface area contributed by atoms with Gasteiger partial charge in [-0.1, -0.05) is 54.6 Å². The van der Waals surface area contributed by atoms with E-state index in [1.165, 1.54) is 11.0 Å². The molecule has 0 aliphatic carbocycles. The highest BCUT2D eigenvalue weighted by Gasteiger charge is 2.51. The van der Waals surface area contributed by atoms with Gasteiger partial charge in [0.2, 0.25) is 0 Å². The van der Waals surface area contributed by atoms with Crippen LogP contribution >= 0.6 is 0 Å². The number of hydrogen-bond donors (Lipinski definition) is 2. The molecule has 2 aromatic rings. The average Bonchev–Trinajstić information content (AvgIpc) is 2.96. The Hall–Kier alpha value is -2.80. The number of benzene rings is 2. The molecule has 2 N–H and O–H groups in total. The Balaban J connectivity index is 1.54. The van der Waals surface area contributed by atoms with Crippen LogP contribution in [-0.4, -0.2) is 49.8 Å². The molecule has 4 rings (SSSR count). The number of carbonyl (C=O) groups excluding carboxylic acids is 2. The molecule has 0 unspecified atom stereocenters. The van der Waals surface area contributed by atoms with Crippen molar-refractivity contribution in [2.75, 3.05) is 37.9 Å². The number of fused-ring (bicyclic) bond motifs is 1. The Morgan fingerprint density at radius 2 is 1.79 bits per heavy atom. The molecule has 6 heteroatoms. The number of rotatable bonds is 6. The van der Waals surface area contributed by atoms with E-state index in [4.69, 9.17) is 4.74 Å². The lowest BCUT2D eigenvalue weighted by Gasteiger charge is -2.29. The van der Waals surface area contributed by atoms with E-state index in [0.717, 1.165) is 18.7 Å². The second-order valence-corrected chi connectivity index (χ2v) is 7.52. The van der Waals surface area contributed by atoms with Gasteiger partial charge in [-0.15, -0.1) is 0 Å². The Bertz CT molecular complexity index is 921. The molecule has 150 valence electrons. The molecule has 0 radical (unpaired) electrons. The van der Waals surface area contributed by atoms with Gasteiger partial charge in [0.15, 0.2) is 18.1 Å². The summed E-state index contributed by atoms with van der Waals surface area (Å²) in [4.78, 5) is 28.6. The number of ether oxygens (including phenoxy) is 1. The Kier molecular flexibility index (Phi) is 5.58. The topological polar surface area (TPSA) is 71.3 Å². The maximum absolute atomic E-state index is 13.2. The van der Waals surface area contributed by atoms with Crippen LogP contribution in [0, 0.1) is 0 Å². The van der Waals surface area contributed by atoms with Gasteiger partial charge in [0.1, 0.15) is 13.1 Å². The summed E-state index contributed by atoms with van der Waals surface area (Å²) in [6.45, 7) is 3.39. The summed E-state index contributed by atoms with van der Waals surface area (Å²) in [6.07, 6.45) is 2.85. The molecular formula is C23H25N2O4+. The smallest absolute Gasteiger partial charge is 0.268 e. The molecule has 2 heterocycles. The van der Waals surface area contributed by atoms with Crippen molar-refractivity contribution in [1.82, 2.24) is 0 Å². The van der Waals surface area contributed by atoms with Crippen molar-refractivity contribution in [3.8, 4) is 0 Å². The van der Waals surface area contributed by atoms with E-state index in [9.17, 15) is 14.7 Å². The van der Waals surface area contributed by atoms with Gasteiger partial charge in [0, 0.05) is 5.56 Å². The van der Waals surface area contributed by atoms with Crippen molar-refractivity contribution in [2.24, 2.45) is 0 Å². The predicted octanol–water partition coefficient (Wildman–Crippen LogP) is 0.766. The molecule has 2 aromatic carbocycles. The van der Waals surface area contributed by atoms with E-state index in [1.54, 1.807) is 23.1 Å². The van der Waals surface area contributed by atoms with Gasteiger partial charge >= 0.3 is 0 Å². The molecular weight excluding hydrogens is 368 g/mol. The third-order valence-corrected chi connectivity index (χ3v) is 5.51.